The monoisotopic (exact) mass is 278 g/mol. The molecule has 5 heteroatoms. The van der Waals surface area contributed by atoms with Gasteiger partial charge in [0.15, 0.2) is 0 Å². The minimum atomic E-state index is -1.17. The highest BCUT2D eigenvalue weighted by atomic mass is 35.5. The molecule has 0 bridgehead atoms. The maximum atomic E-state index is 10.7. The van der Waals surface area contributed by atoms with Crippen molar-refractivity contribution in [1.82, 2.24) is 0 Å². The highest BCUT2D eigenvalue weighted by molar-refractivity contribution is 6.30. The number of phenols is 1. The van der Waals surface area contributed by atoms with Gasteiger partial charge in [0.1, 0.15) is 23.7 Å². The molecule has 2 aromatic carbocycles. The van der Waals surface area contributed by atoms with Crippen molar-refractivity contribution in [3.05, 3.63) is 58.6 Å². The van der Waals surface area contributed by atoms with Crippen molar-refractivity contribution < 1.29 is 19.7 Å². The van der Waals surface area contributed by atoms with Crippen molar-refractivity contribution in [2.45, 2.75) is 6.61 Å². The molecule has 0 spiro atoms. The molecule has 0 atom stereocenters. The average Bonchev–Trinajstić information content (AvgIpc) is 2.36. The summed E-state index contributed by atoms with van der Waals surface area (Å²) in [6, 6.07) is 11.2. The first-order valence-electron chi connectivity index (χ1n) is 5.50. The number of carboxylic acid groups (broad SMARTS) is 1. The quantitative estimate of drug-likeness (QED) is 0.900. The second-order valence-electron chi connectivity index (χ2n) is 3.90. The Hall–Kier alpha value is -2.20. The van der Waals surface area contributed by atoms with Crippen LogP contribution in [0.4, 0.5) is 0 Å². The van der Waals surface area contributed by atoms with Crippen molar-refractivity contribution in [3.63, 3.8) is 0 Å². The van der Waals surface area contributed by atoms with Gasteiger partial charge in [0.2, 0.25) is 0 Å². The van der Waals surface area contributed by atoms with Gasteiger partial charge in [0, 0.05) is 5.02 Å². The summed E-state index contributed by atoms with van der Waals surface area (Å²) in [5.74, 6) is -0.839. The van der Waals surface area contributed by atoms with E-state index in [1.54, 1.807) is 30.3 Å². The Bertz CT molecular complexity index is 610. The number of hydrogen-bond donors (Lipinski definition) is 2. The summed E-state index contributed by atoms with van der Waals surface area (Å²) >= 11 is 5.82. The average molecular weight is 279 g/mol. The van der Waals surface area contributed by atoms with E-state index in [0.29, 0.717) is 16.3 Å². The predicted octanol–water partition coefficient (Wildman–Crippen LogP) is 3.32. The van der Waals surface area contributed by atoms with E-state index in [2.05, 4.69) is 0 Å². The highest BCUT2D eigenvalue weighted by Gasteiger charge is 2.09. The molecule has 0 radical (unpaired) electrons. The Morgan fingerprint density at radius 3 is 2.63 bits per heavy atom. The summed E-state index contributed by atoms with van der Waals surface area (Å²) in [7, 11) is 0. The zero-order valence-corrected chi connectivity index (χ0v) is 10.6. The van der Waals surface area contributed by atoms with E-state index in [1.165, 1.54) is 12.1 Å². The van der Waals surface area contributed by atoms with Crippen molar-refractivity contribution in [1.29, 1.82) is 0 Å². The molecular formula is C14H11ClO4. The van der Waals surface area contributed by atoms with Gasteiger partial charge in [0.25, 0.3) is 0 Å². The van der Waals surface area contributed by atoms with E-state index >= 15 is 0 Å². The number of aromatic carboxylic acids is 1. The van der Waals surface area contributed by atoms with Crippen molar-refractivity contribution in [3.8, 4) is 11.5 Å². The van der Waals surface area contributed by atoms with Crippen LogP contribution in [0.5, 0.6) is 11.5 Å². The number of ether oxygens (including phenoxy) is 1. The molecule has 0 aliphatic heterocycles. The lowest BCUT2D eigenvalue weighted by molar-refractivity contribution is 0.0693. The number of carboxylic acids is 1. The van der Waals surface area contributed by atoms with E-state index in [4.69, 9.17) is 21.4 Å². The van der Waals surface area contributed by atoms with E-state index in [1.807, 2.05) is 0 Å². The van der Waals surface area contributed by atoms with Crippen molar-refractivity contribution in [2.24, 2.45) is 0 Å². The first-order valence-corrected chi connectivity index (χ1v) is 5.87. The van der Waals surface area contributed by atoms with Crippen LogP contribution in [0, 0.1) is 0 Å². The standard InChI is InChI=1S/C14H11ClO4/c15-10-2-1-3-11(7-10)19-8-9-4-5-12(14(17)18)13(16)6-9/h1-7,16H,8H2,(H,17,18). The third-order valence-corrected chi connectivity index (χ3v) is 2.73. The van der Waals surface area contributed by atoms with Crippen LogP contribution in [-0.4, -0.2) is 16.2 Å². The zero-order chi connectivity index (χ0) is 13.8. The molecule has 0 unspecified atom stereocenters. The van der Waals surface area contributed by atoms with E-state index < -0.39 is 5.97 Å². The molecule has 0 aromatic heterocycles. The summed E-state index contributed by atoms with van der Waals surface area (Å²) < 4.78 is 5.49. The maximum Gasteiger partial charge on any atom is 0.339 e. The highest BCUT2D eigenvalue weighted by Crippen LogP contribution is 2.21. The normalized spacial score (nSPS) is 10.2. The number of aromatic hydroxyl groups is 1. The summed E-state index contributed by atoms with van der Waals surface area (Å²) in [6.45, 7) is 0.216. The van der Waals surface area contributed by atoms with Gasteiger partial charge in [0.05, 0.1) is 0 Å². The first kappa shape index (κ1) is 13.2. The Morgan fingerprint density at radius 1 is 1.21 bits per heavy atom. The van der Waals surface area contributed by atoms with Crippen LogP contribution in [0.3, 0.4) is 0 Å². The molecule has 0 fully saturated rings. The van der Waals surface area contributed by atoms with Crippen LogP contribution in [0.2, 0.25) is 5.02 Å². The molecule has 0 aliphatic rings. The fourth-order valence-electron chi connectivity index (χ4n) is 1.57. The van der Waals surface area contributed by atoms with Gasteiger partial charge in [-0.25, -0.2) is 4.79 Å². The molecule has 2 N–H and O–H groups in total. The Balaban J connectivity index is 2.08. The van der Waals surface area contributed by atoms with Crippen molar-refractivity contribution >= 4 is 17.6 Å². The lowest BCUT2D eigenvalue weighted by atomic mass is 10.1. The maximum absolute atomic E-state index is 10.7. The van der Waals surface area contributed by atoms with Gasteiger partial charge in [-0.15, -0.1) is 0 Å². The Kier molecular flexibility index (Phi) is 3.92. The van der Waals surface area contributed by atoms with Gasteiger partial charge in [-0.1, -0.05) is 23.7 Å². The number of rotatable bonds is 4. The lowest BCUT2D eigenvalue weighted by Crippen LogP contribution is -1.99. The molecule has 0 amide bonds. The summed E-state index contributed by atoms with van der Waals surface area (Å²) in [5.41, 5.74) is 0.536. The molecular weight excluding hydrogens is 268 g/mol. The van der Waals surface area contributed by atoms with Gasteiger partial charge in [-0.05, 0) is 35.9 Å². The zero-order valence-electron chi connectivity index (χ0n) is 9.84. The fourth-order valence-corrected chi connectivity index (χ4v) is 1.75. The third kappa shape index (κ3) is 3.39. The predicted molar refractivity (Wildman–Crippen MR) is 70.9 cm³/mol. The Morgan fingerprint density at radius 2 is 2.00 bits per heavy atom. The van der Waals surface area contributed by atoms with Gasteiger partial charge < -0.3 is 14.9 Å². The van der Waals surface area contributed by atoms with Gasteiger partial charge in [-0.2, -0.15) is 0 Å². The molecule has 0 saturated carbocycles. The smallest absolute Gasteiger partial charge is 0.339 e. The number of halogens is 1. The summed E-state index contributed by atoms with van der Waals surface area (Å²) in [4.78, 5) is 10.7. The number of benzene rings is 2. The molecule has 2 rings (SSSR count). The molecule has 4 nitrogen and oxygen atoms in total. The summed E-state index contributed by atoms with van der Waals surface area (Å²) in [5, 5.41) is 18.9. The van der Waals surface area contributed by atoms with Crippen molar-refractivity contribution in [2.75, 3.05) is 0 Å². The molecule has 98 valence electrons. The number of hydrogen-bond acceptors (Lipinski definition) is 3. The van der Waals surface area contributed by atoms with Crippen LogP contribution in [-0.2, 0) is 6.61 Å². The Labute approximate surface area is 114 Å². The van der Waals surface area contributed by atoms with Crippen LogP contribution >= 0.6 is 11.6 Å². The molecule has 0 heterocycles. The fraction of sp³-hybridized carbons (Fsp3) is 0.0714. The van der Waals surface area contributed by atoms with Gasteiger partial charge in [-0.3, -0.25) is 0 Å². The summed E-state index contributed by atoms with van der Waals surface area (Å²) in [6.07, 6.45) is 0. The minimum Gasteiger partial charge on any atom is -0.507 e. The molecule has 19 heavy (non-hydrogen) atoms. The van der Waals surface area contributed by atoms with E-state index in [9.17, 15) is 9.90 Å². The van der Waals surface area contributed by atoms with E-state index in [-0.39, 0.29) is 17.9 Å². The lowest BCUT2D eigenvalue weighted by Gasteiger charge is -2.08. The van der Waals surface area contributed by atoms with Gasteiger partial charge >= 0.3 is 5.97 Å². The second kappa shape index (κ2) is 5.63. The third-order valence-electron chi connectivity index (χ3n) is 2.49. The molecule has 2 aromatic rings. The molecule has 0 saturated heterocycles. The van der Waals surface area contributed by atoms with E-state index in [0.717, 1.165) is 0 Å². The molecule has 0 aliphatic carbocycles. The van der Waals surface area contributed by atoms with Crippen LogP contribution in [0.15, 0.2) is 42.5 Å². The number of carbonyl (C=O) groups is 1. The van der Waals surface area contributed by atoms with Crippen LogP contribution < -0.4 is 4.74 Å². The van der Waals surface area contributed by atoms with Crippen LogP contribution in [0.25, 0.3) is 0 Å². The minimum absolute atomic E-state index is 0.133. The van der Waals surface area contributed by atoms with Crippen LogP contribution in [0.1, 0.15) is 15.9 Å². The first-order chi connectivity index (χ1) is 9.06. The topological polar surface area (TPSA) is 66.8 Å². The SMILES string of the molecule is O=C(O)c1ccc(COc2cccc(Cl)c2)cc1O. The largest absolute Gasteiger partial charge is 0.507 e. The second-order valence-corrected chi connectivity index (χ2v) is 4.34.